The van der Waals surface area contributed by atoms with Crippen LogP contribution in [-0.2, 0) is 9.53 Å². The number of methoxy groups -OCH3 is 1. The molecule has 0 radical (unpaired) electrons. The van der Waals surface area contributed by atoms with E-state index >= 15 is 0 Å². The fourth-order valence-electron chi connectivity index (χ4n) is 1.41. The van der Waals surface area contributed by atoms with Gasteiger partial charge in [-0.15, -0.1) is 0 Å². The number of hydrogen-bond donors (Lipinski definition) is 0. The van der Waals surface area contributed by atoms with Gasteiger partial charge in [0, 0.05) is 12.6 Å². The van der Waals surface area contributed by atoms with Crippen molar-refractivity contribution in [1.82, 2.24) is 4.98 Å². The molecule has 17 heavy (non-hydrogen) atoms. The minimum atomic E-state index is -0.251. The molecule has 1 aromatic heterocycles. The van der Waals surface area contributed by atoms with Gasteiger partial charge in [0.2, 0.25) is 5.88 Å². The molecular weight excluding hydrogens is 220 g/mol. The van der Waals surface area contributed by atoms with Gasteiger partial charge in [0.05, 0.1) is 13.7 Å². The summed E-state index contributed by atoms with van der Waals surface area (Å²) in [5.41, 5.74) is 0. The van der Waals surface area contributed by atoms with Crippen LogP contribution in [-0.4, -0.2) is 37.8 Å². The number of pyridine rings is 1. The Morgan fingerprint density at radius 3 is 2.76 bits per heavy atom. The highest BCUT2D eigenvalue weighted by Gasteiger charge is 2.12. The number of likely N-dealkylation sites (N-methyl/N-ethyl adjacent to an activating group) is 1. The van der Waals surface area contributed by atoms with Crippen molar-refractivity contribution < 1.29 is 14.3 Å². The van der Waals surface area contributed by atoms with Crippen molar-refractivity contribution in [3.05, 3.63) is 18.2 Å². The summed E-state index contributed by atoms with van der Waals surface area (Å²) in [5.74, 6) is 0.990. The molecule has 5 nitrogen and oxygen atoms in total. The summed E-state index contributed by atoms with van der Waals surface area (Å²) in [6.07, 6.45) is 0. The first-order chi connectivity index (χ1) is 8.21. The van der Waals surface area contributed by atoms with Crippen LogP contribution >= 0.6 is 0 Å². The lowest BCUT2D eigenvalue weighted by molar-refractivity contribution is -0.141. The highest BCUT2D eigenvalue weighted by Crippen LogP contribution is 2.15. The van der Waals surface area contributed by atoms with Crippen LogP contribution in [0.5, 0.6) is 5.88 Å². The van der Waals surface area contributed by atoms with E-state index in [-0.39, 0.29) is 12.5 Å². The van der Waals surface area contributed by atoms with Gasteiger partial charge >= 0.3 is 5.97 Å². The first kappa shape index (κ1) is 13.3. The highest BCUT2D eigenvalue weighted by atomic mass is 16.5. The second-order valence-corrected chi connectivity index (χ2v) is 3.36. The van der Waals surface area contributed by atoms with E-state index in [1.165, 1.54) is 0 Å². The Balaban J connectivity index is 2.74. The summed E-state index contributed by atoms with van der Waals surface area (Å²) in [5, 5.41) is 0. The molecule has 1 heterocycles. The first-order valence-electron chi connectivity index (χ1n) is 5.62. The standard InChI is InChI=1S/C12H18N2O3/c1-4-14(9-12(15)17-5-2)10-7-6-8-11(13-10)16-3/h6-8H,4-5,9H2,1-3H3. The van der Waals surface area contributed by atoms with Gasteiger partial charge in [-0.1, -0.05) is 6.07 Å². The molecule has 5 heteroatoms. The van der Waals surface area contributed by atoms with Gasteiger partial charge in [0.25, 0.3) is 0 Å². The fraction of sp³-hybridized carbons (Fsp3) is 0.500. The molecular formula is C12H18N2O3. The Morgan fingerprint density at radius 1 is 1.41 bits per heavy atom. The molecule has 0 aliphatic carbocycles. The number of ether oxygens (including phenoxy) is 2. The minimum Gasteiger partial charge on any atom is -0.481 e. The predicted octanol–water partition coefficient (Wildman–Crippen LogP) is 1.48. The summed E-state index contributed by atoms with van der Waals surface area (Å²) < 4.78 is 9.96. The van der Waals surface area contributed by atoms with Crippen LogP contribution in [0.2, 0.25) is 0 Å². The van der Waals surface area contributed by atoms with E-state index in [1.807, 2.05) is 24.0 Å². The Kier molecular flexibility index (Phi) is 5.26. The molecule has 0 spiro atoms. The zero-order chi connectivity index (χ0) is 12.7. The van der Waals surface area contributed by atoms with Crippen molar-refractivity contribution in [3.63, 3.8) is 0 Å². The third-order valence-electron chi connectivity index (χ3n) is 2.25. The number of nitrogens with zero attached hydrogens (tertiary/aromatic N) is 2. The van der Waals surface area contributed by atoms with E-state index in [4.69, 9.17) is 9.47 Å². The lowest BCUT2D eigenvalue weighted by Crippen LogP contribution is -2.31. The minimum absolute atomic E-state index is 0.199. The number of hydrogen-bond acceptors (Lipinski definition) is 5. The quantitative estimate of drug-likeness (QED) is 0.703. The second-order valence-electron chi connectivity index (χ2n) is 3.36. The number of aromatic nitrogens is 1. The largest absolute Gasteiger partial charge is 0.481 e. The van der Waals surface area contributed by atoms with Crippen molar-refractivity contribution in [2.45, 2.75) is 13.8 Å². The molecule has 1 rings (SSSR count). The molecule has 0 saturated heterocycles. The predicted molar refractivity (Wildman–Crippen MR) is 65.3 cm³/mol. The third-order valence-corrected chi connectivity index (χ3v) is 2.25. The first-order valence-corrected chi connectivity index (χ1v) is 5.62. The van der Waals surface area contributed by atoms with Gasteiger partial charge in [-0.2, -0.15) is 4.98 Å². The number of esters is 1. The average molecular weight is 238 g/mol. The number of anilines is 1. The third kappa shape index (κ3) is 3.94. The molecule has 0 N–H and O–H groups in total. The van der Waals surface area contributed by atoms with Crippen LogP contribution < -0.4 is 9.64 Å². The molecule has 0 bridgehead atoms. The zero-order valence-electron chi connectivity index (χ0n) is 10.5. The van der Waals surface area contributed by atoms with E-state index < -0.39 is 0 Å². The maximum absolute atomic E-state index is 11.4. The Hall–Kier alpha value is -1.78. The van der Waals surface area contributed by atoms with E-state index in [2.05, 4.69) is 4.98 Å². The van der Waals surface area contributed by atoms with Gasteiger partial charge in [-0.05, 0) is 19.9 Å². The summed E-state index contributed by atoms with van der Waals surface area (Å²) in [6, 6.07) is 5.45. The smallest absolute Gasteiger partial charge is 0.325 e. The molecule has 0 aromatic carbocycles. The number of rotatable bonds is 6. The SMILES string of the molecule is CCOC(=O)CN(CC)c1cccc(OC)n1. The van der Waals surface area contributed by atoms with E-state index in [0.29, 0.717) is 24.8 Å². The molecule has 0 atom stereocenters. The van der Waals surface area contributed by atoms with Gasteiger partial charge in [0.15, 0.2) is 0 Å². The van der Waals surface area contributed by atoms with Gasteiger partial charge in [-0.25, -0.2) is 0 Å². The lowest BCUT2D eigenvalue weighted by Gasteiger charge is -2.20. The topological polar surface area (TPSA) is 51.7 Å². The van der Waals surface area contributed by atoms with Crippen molar-refractivity contribution in [3.8, 4) is 5.88 Å². The van der Waals surface area contributed by atoms with Crippen molar-refractivity contribution in [2.24, 2.45) is 0 Å². The molecule has 0 amide bonds. The molecule has 0 fully saturated rings. The van der Waals surface area contributed by atoms with Crippen LogP contribution in [0.15, 0.2) is 18.2 Å². The second kappa shape index (κ2) is 6.73. The van der Waals surface area contributed by atoms with E-state index in [0.717, 1.165) is 0 Å². The summed E-state index contributed by atoms with van der Waals surface area (Å²) in [6.45, 7) is 5.02. The summed E-state index contributed by atoms with van der Waals surface area (Å²) in [7, 11) is 1.56. The molecule has 0 unspecified atom stereocenters. The van der Waals surface area contributed by atoms with Crippen LogP contribution in [0, 0.1) is 0 Å². The van der Waals surface area contributed by atoms with Crippen LogP contribution in [0.1, 0.15) is 13.8 Å². The van der Waals surface area contributed by atoms with E-state index in [9.17, 15) is 4.79 Å². The molecule has 1 aromatic rings. The molecule has 0 aliphatic heterocycles. The van der Waals surface area contributed by atoms with Gasteiger partial charge < -0.3 is 14.4 Å². The highest BCUT2D eigenvalue weighted by molar-refractivity contribution is 5.75. The normalized spacial score (nSPS) is 9.82. The van der Waals surface area contributed by atoms with Gasteiger partial charge in [0.1, 0.15) is 12.4 Å². The number of carbonyl (C=O) groups excluding carboxylic acids is 1. The number of carbonyl (C=O) groups is 1. The van der Waals surface area contributed by atoms with E-state index in [1.54, 1.807) is 20.1 Å². The maximum Gasteiger partial charge on any atom is 0.325 e. The van der Waals surface area contributed by atoms with Crippen LogP contribution in [0.25, 0.3) is 0 Å². The monoisotopic (exact) mass is 238 g/mol. The Bertz CT molecular complexity index is 369. The van der Waals surface area contributed by atoms with Gasteiger partial charge in [-0.3, -0.25) is 4.79 Å². The van der Waals surface area contributed by atoms with Crippen LogP contribution in [0.3, 0.4) is 0 Å². The van der Waals surface area contributed by atoms with Crippen LogP contribution in [0.4, 0.5) is 5.82 Å². The maximum atomic E-state index is 11.4. The zero-order valence-corrected chi connectivity index (χ0v) is 10.5. The Labute approximate surface area is 101 Å². The van der Waals surface area contributed by atoms with Crippen molar-refractivity contribution >= 4 is 11.8 Å². The Morgan fingerprint density at radius 2 is 2.18 bits per heavy atom. The molecule has 94 valence electrons. The molecule has 0 aliphatic rings. The fourth-order valence-corrected chi connectivity index (χ4v) is 1.41. The average Bonchev–Trinajstić information content (AvgIpc) is 2.36. The molecule has 0 saturated carbocycles. The van der Waals surface area contributed by atoms with Crippen molar-refractivity contribution in [2.75, 3.05) is 31.7 Å². The lowest BCUT2D eigenvalue weighted by atomic mass is 10.4. The van der Waals surface area contributed by atoms with Crippen molar-refractivity contribution in [1.29, 1.82) is 0 Å². The summed E-state index contributed by atoms with van der Waals surface area (Å²) in [4.78, 5) is 17.5. The summed E-state index contributed by atoms with van der Waals surface area (Å²) >= 11 is 0.